The minimum absolute atomic E-state index is 0.333. The highest BCUT2D eigenvalue weighted by Gasteiger charge is 2.69. The number of carbonyl (C=O) groups excluding carboxylic acids is 2. The van der Waals surface area contributed by atoms with Gasteiger partial charge in [-0.3, -0.25) is 9.59 Å². The summed E-state index contributed by atoms with van der Waals surface area (Å²) in [6, 6.07) is 0. The van der Waals surface area contributed by atoms with Crippen molar-refractivity contribution < 1.29 is 28.9 Å². The normalized spacial score (nSPS) is 38.1. The van der Waals surface area contributed by atoms with E-state index in [-0.39, 0.29) is 5.92 Å². The molecule has 126 valence electrons. The Morgan fingerprint density at radius 1 is 1.17 bits per heavy atom. The standard InChI is InChI=1S/C17H22O6/c1-21-13-10(14(18)22-2)5-6-12-11(13)9-16(15(19)23-3)7-4-8-17(12,16)20/h5-6,10,12,20H,4,7-9H2,1-3H3/t10?,12-,16+,17+/m1/s1. The van der Waals surface area contributed by atoms with Crippen LogP contribution in [0.3, 0.4) is 0 Å². The molecule has 23 heavy (non-hydrogen) atoms. The van der Waals surface area contributed by atoms with Gasteiger partial charge in [-0.25, -0.2) is 0 Å². The second-order valence-corrected chi connectivity index (χ2v) is 6.49. The molecule has 3 rings (SSSR count). The molecule has 0 aromatic heterocycles. The maximum absolute atomic E-state index is 12.5. The van der Waals surface area contributed by atoms with E-state index >= 15 is 0 Å². The van der Waals surface area contributed by atoms with E-state index in [2.05, 4.69) is 0 Å². The van der Waals surface area contributed by atoms with Crippen LogP contribution in [-0.4, -0.2) is 44.0 Å². The number of methoxy groups -OCH3 is 3. The fraction of sp³-hybridized carbons (Fsp3) is 0.647. The molecule has 0 amide bonds. The predicted octanol–water partition coefficient (Wildman–Crippen LogP) is 1.34. The zero-order chi connectivity index (χ0) is 16.8. The van der Waals surface area contributed by atoms with Crippen molar-refractivity contribution in [1.82, 2.24) is 0 Å². The minimum atomic E-state index is -1.18. The van der Waals surface area contributed by atoms with Crippen LogP contribution in [0.4, 0.5) is 0 Å². The maximum atomic E-state index is 12.5. The highest BCUT2D eigenvalue weighted by atomic mass is 16.5. The molecule has 0 aliphatic heterocycles. The van der Waals surface area contributed by atoms with Crippen molar-refractivity contribution in [3.8, 4) is 0 Å². The molecule has 0 heterocycles. The van der Waals surface area contributed by atoms with Gasteiger partial charge in [0.1, 0.15) is 17.1 Å². The molecule has 0 aromatic carbocycles. The molecule has 0 radical (unpaired) electrons. The van der Waals surface area contributed by atoms with E-state index in [9.17, 15) is 14.7 Å². The van der Waals surface area contributed by atoms with Crippen molar-refractivity contribution in [1.29, 1.82) is 0 Å². The molecule has 3 aliphatic rings. The lowest BCUT2D eigenvalue weighted by molar-refractivity contribution is -0.166. The number of fused-ring (bicyclic) bond motifs is 3. The molecule has 0 aromatic rings. The number of ether oxygens (including phenoxy) is 3. The monoisotopic (exact) mass is 322 g/mol. The van der Waals surface area contributed by atoms with Crippen LogP contribution < -0.4 is 0 Å². The van der Waals surface area contributed by atoms with Crippen molar-refractivity contribution >= 4 is 11.9 Å². The SMILES string of the molecule is COC(=O)C1C=C[C@@H]2C(=C1OC)C[C@]1(C(=O)OC)CCC[C@]21O. The van der Waals surface area contributed by atoms with Gasteiger partial charge in [0.15, 0.2) is 0 Å². The van der Waals surface area contributed by atoms with Crippen LogP contribution in [0.2, 0.25) is 0 Å². The van der Waals surface area contributed by atoms with Crippen LogP contribution in [0, 0.1) is 17.3 Å². The lowest BCUT2D eigenvalue weighted by atomic mass is 9.73. The van der Waals surface area contributed by atoms with Crippen LogP contribution in [-0.2, 0) is 23.8 Å². The van der Waals surface area contributed by atoms with E-state index in [1.54, 1.807) is 6.08 Å². The first-order valence-corrected chi connectivity index (χ1v) is 7.79. The van der Waals surface area contributed by atoms with Crippen LogP contribution in [0.5, 0.6) is 0 Å². The van der Waals surface area contributed by atoms with E-state index in [1.165, 1.54) is 21.3 Å². The van der Waals surface area contributed by atoms with Crippen LogP contribution in [0.25, 0.3) is 0 Å². The highest BCUT2D eigenvalue weighted by Crippen LogP contribution is 2.64. The molecule has 2 fully saturated rings. The topological polar surface area (TPSA) is 82.1 Å². The molecule has 6 nitrogen and oxygen atoms in total. The van der Waals surface area contributed by atoms with Gasteiger partial charge < -0.3 is 19.3 Å². The summed E-state index contributed by atoms with van der Waals surface area (Å²) in [7, 11) is 4.17. The molecule has 1 unspecified atom stereocenters. The first-order valence-electron chi connectivity index (χ1n) is 7.79. The predicted molar refractivity (Wildman–Crippen MR) is 80.0 cm³/mol. The summed E-state index contributed by atoms with van der Waals surface area (Å²) in [5.74, 6) is -1.29. The molecule has 4 atom stereocenters. The van der Waals surface area contributed by atoms with Crippen molar-refractivity contribution in [2.24, 2.45) is 17.3 Å². The largest absolute Gasteiger partial charge is 0.500 e. The van der Waals surface area contributed by atoms with E-state index < -0.39 is 28.9 Å². The van der Waals surface area contributed by atoms with E-state index in [0.29, 0.717) is 25.0 Å². The van der Waals surface area contributed by atoms with E-state index in [0.717, 1.165) is 12.0 Å². The molecule has 0 bridgehead atoms. The average Bonchev–Trinajstić information content (AvgIpc) is 3.02. The first-order chi connectivity index (χ1) is 10.9. The van der Waals surface area contributed by atoms with Crippen molar-refractivity contribution in [2.75, 3.05) is 21.3 Å². The van der Waals surface area contributed by atoms with Gasteiger partial charge in [-0.15, -0.1) is 0 Å². The summed E-state index contributed by atoms with van der Waals surface area (Å²) in [5, 5.41) is 11.3. The van der Waals surface area contributed by atoms with E-state index in [4.69, 9.17) is 14.2 Å². The van der Waals surface area contributed by atoms with Gasteiger partial charge in [0, 0.05) is 5.92 Å². The quantitative estimate of drug-likeness (QED) is 0.624. The third-order valence-electron chi connectivity index (χ3n) is 5.72. The second-order valence-electron chi connectivity index (χ2n) is 6.49. The Labute approximate surface area is 135 Å². The number of carbonyl (C=O) groups is 2. The lowest BCUT2D eigenvalue weighted by Crippen LogP contribution is -2.49. The van der Waals surface area contributed by atoms with Gasteiger partial charge in [-0.1, -0.05) is 12.2 Å². The summed E-state index contributed by atoms with van der Waals surface area (Å²) in [6.45, 7) is 0. The lowest BCUT2D eigenvalue weighted by Gasteiger charge is -2.36. The average molecular weight is 322 g/mol. The molecule has 0 saturated heterocycles. The van der Waals surface area contributed by atoms with Gasteiger partial charge in [0.25, 0.3) is 0 Å². The fourth-order valence-electron chi connectivity index (χ4n) is 4.68. The number of rotatable bonds is 3. The minimum Gasteiger partial charge on any atom is -0.500 e. The van der Waals surface area contributed by atoms with Crippen LogP contribution >= 0.6 is 0 Å². The van der Waals surface area contributed by atoms with Gasteiger partial charge in [0.05, 0.1) is 26.9 Å². The zero-order valence-electron chi connectivity index (χ0n) is 13.6. The molecule has 2 saturated carbocycles. The second kappa shape index (κ2) is 5.37. The van der Waals surface area contributed by atoms with E-state index in [1.807, 2.05) is 6.08 Å². The third kappa shape index (κ3) is 1.90. The number of aliphatic hydroxyl groups is 1. The number of hydrogen-bond acceptors (Lipinski definition) is 6. The van der Waals surface area contributed by atoms with Crippen molar-refractivity contribution in [3.63, 3.8) is 0 Å². The molecule has 0 spiro atoms. The Morgan fingerprint density at radius 3 is 2.52 bits per heavy atom. The summed E-state index contributed by atoms with van der Waals surface area (Å²) in [5.41, 5.74) is -1.34. The number of esters is 2. The van der Waals surface area contributed by atoms with Crippen molar-refractivity contribution in [3.05, 3.63) is 23.5 Å². The Hall–Kier alpha value is -1.82. The first kappa shape index (κ1) is 16.1. The summed E-state index contributed by atoms with van der Waals surface area (Å²) in [4.78, 5) is 24.5. The highest BCUT2D eigenvalue weighted by molar-refractivity contribution is 5.83. The van der Waals surface area contributed by atoms with Gasteiger partial charge in [0.2, 0.25) is 0 Å². The summed E-state index contributed by atoms with van der Waals surface area (Å²) >= 11 is 0. The van der Waals surface area contributed by atoms with Crippen LogP contribution in [0.1, 0.15) is 25.7 Å². The Balaban J connectivity index is 2.11. The Morgan fingerprint density at radius 2 is 1.91 bits per heavy atom. The third-order valence-corrected chi connectivity index (χ3v) is 5.72. The fourth-order valence-corrected chi connectivity index (χ4v) is 4.68. The van der Waals surface area contributed by atoms with Gasteiger partial charge >= 0.3 is 11.9 Å². The maximum Gasteiger partial charge on any atom is 0.320 e. The summed E-state index contributed by atoms with van der Waals surface area (Å²) < 4.78 is 15.3. The smallest absolute Gasteiger partial charge is 0.320 e. The molecule has 1 N–H and O–H groups in total. The van der Waals surface area contributed by atoms with Gasteiger partial charge in [-0.2, -0.15) is 0 Å². The molecule has 3 aliphatic carbocycles. The van der Waals surface area contributed by atoms with Crippen molar-refractivity contribution in [2.45, 2.75) is 31.3 Å². The molecule has 6 heteroatoms. The molecular formula is C17H22O6. The Kier molecular flexibility index (Phi) is 3.75. The van der Waals surface area contributed by atoms with Gasteiger partial charge in [-0.05, 0) is 31.3 Å². The zero-order valence-corrected chi connectivity index (χ0v) is 13.6. The summed E-state index contributed by atoms with van der Waals surface area (Å²) in [6.07, 6.45) is 5.73. The molecular weight excluding hydrogens is 300 g/mol. The Bertz CT molecular complexity index is 606. The van der Waals surface area contributed by atoms with Crippen LogP contribution in [0.15, 0.2) is 23.5 Å². The number of hydrogen-bond donors (Lipinski definition) is 1.